The second kappa shape index (κ2) is 5.80. The van der Waals surface area contributed by atoms with Crippen molar-refractivity contribution in [3.8, 4) is 0 Å². The van der Waals surface area contributed by atoms with Gasteiger partial charge >= 0.3 is 0 Å². The highest BCUT2D eigenvalue weighted by Crippen LogP contribution is 2.24. The Morgan fingerprint density at radius 1 is 1.39 bits per heavy atom. The van der Waals surface area contributed by atoms with E-state index in [1.807, 2.05) is 6.92 Å². The average molecular weight is 254 g/mol. The Balaban J connectivity index is 1.94. The molecule has 2 amide bonds. The number of nitrogens with one attached hydrogen (secondary N) is 1. The molecule has 2 aliphatic rings. The van der Waals surface area contributed by atoms with Gasteiger partial charge in [-0.3, -0.25) is 14.5 Å². The highest BCUT2D eigenvalue weighted by atomic mass is 16.5. The number of rotatable bonds is 5. The lowest BCUT2D eigenvalue weighted by Gasteiger charge is -2.22. The molecule has 18 heavy (non-hydrogen) atoms. The smallest absolute Gasteiger partial charge is 0.246 e. The van der Waals surface area contributed by atoms with E-state index < -0.39 is 0 Å². The largest absolute Gasteiger partial charge is 0.380 e. The number of hydrogen-bond donors (Lipinski definition) is 1. The Bertz CT molecular complexity index is 332. The predicted octanol–water partition coefficient (Wildman–Crippen LogP) is 0.681. The van der Waals surface area contributed by atoms with Gasteiger partial charge in [0.2, 0.25) is 11.8 Å². The number of likely N-dealkylation sites (tertiary alicyclic amines) is 1. The summed E-state index contributed by atoms with van der Waals surface area (Å²) in [5, 5.41) is 3.31. The van der Waals surface area contributed by atoms with Crippen molar-refractivity contribution in [2.45, 2.75) is 57.2 Å². The van der Waals surface area contributed by atoms with Crippen LogP contribution in [-0.4, -0.2) is 48.6 Å². The van der Waals surface area contributed by atoms with Crippen molar-refractivity contribution in [1.82, 2.24) is 10.2 Å². The fourth-order valence-electron chi connectivity index (χ4n) is 2.93. The molecule has 1 saturated carbocycles. The number of methoxy groups -OCH3 is 1. The highest BCUT2D eigenvalue weighted by Gasteiger charge is 2.40. The number of imide groups is 1. The van der Waals surface area contributed by atoms with E-state index in [0.717, 1.165) is 25.7 Å². The molecule has 0 spiro atoms. The van der Waals surface area contributed by atoms with Gasteiger partial charge in [0, 0.05) is 19.7 Å². The van der Waals surface area contributed by atoms with Crippen LogP contribution in [0.25, 0.3) is 0 Å². The van der Waals surface area contributed by atoms with Gasteiger partial charge in [0.15, 0.2) is 0 Å². The maximum atomic E-state index is 12.1. The quantitative estimate of drug-likeness (QED) is 0.733. The first kappa shape index (κ1) is 13.5. The van der Waals surface area contributed by atoms with Crippen LogP contribution in [0.15, 0.2) is 0 Å². The summed E-state index contributed by atoms with van der Waals surface area (Å²) in [6, 6.07) is -0.136. The third-order valence-corrected chi connectivity index (χ3v) is 3.86. The van der Waals surface area contributed by atoms with Crippen molar-refractivity contribution in [3.63, 3.8) is 0 Å². The summed E-state index contributed by atoms with van der Waals surface area (Å²) in [5.74, 6) is -0.116. The maximum absolute atomic E-state index is 12.1. The Hall–Kier alpha value is -0.940. The Morgan fingerprint density at radius 2 is 2.17 bits per heavy atom. The summed E-state index contributed by atoms with van der Waals surface area (Å²) in [6.45, 7) is 2.51. The van der Waals surface area contributed by atoms with Crippen LogP contribution in [0, 0.1) is 0 Å². The molecule has 102 valence electrons. The number of carbonyl (C=O) groups excluding carboxylic acids is 2. The molecule has 5 nitrogen and oxygen atoms in total. The second-order valence-electron chi connectivity index (χ2n) is 5.12. The Labute approximate surface area is 108 Å². The van der Waals surface area contributed by atoms with Gasteiger partial charge in [0.25, 0.3) is 0 Å². The van der Waals surface area contributed by atoms with Gasteiger partial charge in [-0.1, -0.05) is 6.92 Å². The van der Waals surface area contributed by atoms with Gasteiger partial charge in [-0.25, -0.2) is 0 Å². The topological polar surface area (TPSA) is 58.6 Å². The first-order valence-corrected chi connectivity index (χ1v) is 6.80. The zero-order valence-electron chi connectivity index (χ0n) is 11.1. The number of amides is 2. The minimum absolute atomic E-state index is 0.0497. The van der Waals surface area contributed by atoms with Crippen LogP contribution in [0.3, 0.4) is 0 Å². The fourth-order valence-corrected chi connectivity index (χ4v) is 2.93. The van der Waals surface area contributed by atoms with E-state index >= 15 is 0 Å². The molecule has 5 heteroatoms. The molecule has 0 bridgehead atoms. The van der Waals surface area contributed by atoms with E-state index in [2.05, 4.69) is 5.32 Å². The van der Waals surface area contributed by atoms with Crippen LogP contribution < -0.4 is 5.32 Å². The Kier molecular flexibility index (Phi) is 4.35. The van der Waals surface area contributed by atoms with Gasteiger partial charge in [-0.15, -0.1) is 0 Å². The van der Waals surface area contributed by atoms with Crippen LogP contribution in [0.1, 0.15) is 39.0 Å². The SMILES string of the molecule is CCCN1C(=O)CC(NC2CCCC2OC)C1=O. The molecular weight excluding hydrogens is 232 g/mol. The molecule has 1 saturated heterocycles. The number of carbonyl (C=O) groups is 2. The van der Waals surface area contributed by atoms with E-state index in [1.165, 1.54) is 4.90 Å². The van der Waals surface area contributed by atoms with Crippen molar-refractivity contribution >= 4 is 11.8 Å². The maximum Gasteiger partial charge on any atom is 0.246 e. The summed E-state index contributed by atoms with van der Waals surface area (Å²) in [6.07, 6.45) is 4.45. The minimum atomic E-state index is -0.343. The third-order valence-electron chi connectivity index (χ3n) is 3.86. The Morgan fingerprint density at radius 3 is 2.83 bits per heavy atom. The zero-order valence-corrected chi connectivity index (χ0v) is 11.1. The van der Waals surface area contributed by atoms with Crippen molar-refractivity contribution < 1.29 is 14.3 Å². The van der Waals surface area contributed by atoms with Gasteiger partial charge < -0.3 is 10.1 Å². The van der Waals surface area contributed by atoms with Gasteiger partial charge in [-0.05, 0) is 25.7 Å². The normalized spacial score (nSPS) is 32.6. The molecule has 0 radical (unpaired) electrons. The van der Waals surface area contributed by atoms with E-state index in [1.54, 1.807) is 7.11 Å². The summed E-state index contributed by atoms with van der Waals surface area (Å²) in [4.78, 5) is 25.2. The van der Waals surface area contributed by atoms with Crippen LogP contribution in [0.4, 0.5) is 0 Å². The molecule has 1 aliphatic carbocycles. The summed E-state index contributed by atoms with van der Waals surface area (Å²) < 4.78 is 5.40. The molecule has 1 heterocycles. The van der Waals surface area contributed by atoms with Gasteiger partial charge in [-0.2, -0.15) is 0 Å². The third kappa shape index (κ3) is 2.57. The van der Waals surface area contributed by atoms with Gasteiger partial charge in [0.05, 0.1) is 18.6 Å². The zero-order chi connectivity index (χ0) is 13.1. The molecule has 2 rings (SSSR count). The first-order chi connectivity index (χ1) is 8.67. The lowest BCUT2D eigenvalue weighted by molar-refractivity contribution is -0.138. The van der Waals surface area contributed by atoms with E-state index in [4.69, 9.17) is 4.74 Å². The lowest BCUT2D eigenvalue weighted by Crippen LogP contribution is -2.47. The molecule has 3 unspecified atom stereocenters. The van der Waals surface area contributed by atoms with Crippen LogP contribution in [0.2, 0.25) is 0 Å². The molecule has 0 aromatic heterocycles. The van der Waals surface area contributed by atoms with E-state index in [9.17, 15) is 9.59 Å². The van der Waals surface area contributed by atoms with Gasteiger partial charge in [0.1, 0.15) is 0 Å². The standard InChI is InChI=1S/C13H22N2O3/c1-3-7-15-12(16)8-10(13(15)17)14-9-5-4-6-11(9)18-2/h9-11,14H,3-8H2,1-2H3. The molecule has 1 N–H and O–H groups in total. The lowest BCUT2D eigenvalue weighted by atomic mass is 10.1. The highest BCUT2D eigenvalue weighted by molar-refractivity contribution is 6.05. The number of ether oxygens (including phenoxy) is 1. The monoisotopic (exact) mass is 254 g/mol. The molecule has 0 aromatic rings. The van der Waals surface area contributed by atoms with Crippen molar-refractivity contribution in [2.24, 2.45) is 0 Å². The fraction of sp³-hybridized carbons (Fsp3) is 0.846. The summed E-state index contributed by atoms with van der Waals surface area (Å²) in [5.41, 5.74) is 0. The van der Waals surface area contributed by atoms with Crippen LogP contribution in [-0.2, 0) is 14.3 Å². The minimum Gasteiger partial charge on any atom is -0.380 e. The van der Waals surface area contributed by atoms with E-state index in [-0.39, 0.29) is 30.0 Å². The first-order valence-electron chi connectivity index (χ1n) is 6.80. The van der Waals surface area contributed by atoms with Crippen molar-refractivity contribution in [3.05, 3.63) is 0 Å². The molecule has 1 aliphatic heterocycles. The molecular formula is C13H22N2O3. The van der Waals surface area contributed by atoms with E-state index in [0.29, 0.717) is 13.0 Å². The summed E-state index contributed by atoms with van der Waals surface area (Å²) >= 11 is 0. The van der Waals surface area contributed by atoms with Crippen LogP contribution >= 0.6 is 0 Å². The molecule has 0 aromatic carbocycles. The van der Waals surface area contributed by atoms with Crippen molar-refractivity contribution in [1.29, 1.82) is 0 Å². The second-order valence-corrected chi connectivity index (χ2v) is 5.12. The molecule has 3 atom stereocenters. The number of nitrogens with zero attached hydrogens (tertiary/aromatic N) is 1. The summed E-state index contributed by atoms with van der Waals surface area (Å²) in [7, 11) is 1.70. The predicted molar refractivity (Wildman–Crippen MR) is 67.0 cm³/mol. The number of hydrogen-bond acceptors (Lipinski definition) is 4. The molecule has 2 fully saturated rings. The van der Waals surface area contributed by atoms with Crippen LogP contribution in [0.5, 0.6) is 0 Å². The average Bonchev–Trinajstić information content (AvgIpc) is 2.90. The van der Waals surface area contributed by atoms with Crippen molar-refractivity contribution in [2.75, 3.05) is 13.7 Å².